The number of anilines is 1. The van der Waals surface area contributed by atoms with E-state index in [0.29, 0.717) is 6.42 Å². The molecule has 0 spiro atoms. The summed E-state index contributed by atoms with van der Waals surface area (Å²) < 4.78 is 0. The van der Waals surface area contributed by atoms with Gasteiger partial charge in [0.1, 0.15) is 5.82 Å². The first-order valence-corrected chi connectivity index (χ1v) is 6.24. The Labute approximate surface area is 107 Å². The maximum absolute atomic E-state index is 9.37. The van der Waals surface area contributed by atoms with Crippen molar-refractivity contribution in [2.24, 2.45) is 0 Å². The van der Waals surface area contributed by atoms with Gasteiger partial charge in [-0.3, -0.25) is 0 Å². The second-order valence-corrected chi connectivity index (χ2v) is 4.78. The van der Waals surface area contributed by atoms with E-state index in [9.17, 15) is 5.11 Å². The topological polar surface area (TPSA) is 58.0 Å². The lowest BCUT2D eigenvalue weighted by atomic mass is 10.1. The van der Waals surface area contributed by atoms with Crippen LogP contribution in [-0.2, 0) is 0 Å². The van der Waals surface area contributed by atoms with Gasteiger partial charge in [0, 0.05) is 6.04 Å². The molecule has 0 radical (unpaired) electrons. The third-order valence-corrected chi connectivity index (χ3v) is 2.82. The Hall–Kier alpha value is -1.68. The number of benzene rings is 1. The van der Waals surface area contributed by atoms with Crippen LogP contribution in [0.2, 0.25) is 0 Å². The van der Waals surface area contributed by atoms with Crippen LogP contribution in [0.5, 0.6) is 0 Å². The summed E-state index contributed by atoms with van der Waals surface area (Å²) in [7, 11) is 0. The zero-order valence-electron chi connectivity index (χ0n) is 11.0. The van der Waals surface area contributed by atoms with E-state index in [1.165, 1.54) is 0 Å². The molecule has 2 aromatic rings. The van der Waals surface area contributed by atoms with Crippen LogP contribution in [0.1, 0.15) is 26.0 Å². The molecular weight excluding hydrogens is 226 g/mol. The Morgan fingerprint density at radius 1 is 1.17 bits per heavy atom. The number of aliphatic hydroxyl groups excluding tert-OH is 1. The number of hydrogen-bond donors (Lipinski definition) is 2. The summed E-state index contributed by atoms with van der Waals surface area (Å²) in [5.74, 6) is 0.793. The molecule has 0 amide bonds. The minimum absolute atomic E-state index is 0.166. The third-order valence-electron chi connectivity index (χ3n) is 2.82. The molecule has 2 N–H and O–H groups in total. The molecule has 4 nitrogen and oxygen atoms in total. The summed E-state index contributed by atoms with van der Waals surface area (Å²) in [6, 6.07) is 7.98. The molecule has 0 saturated heterocycles. The normalized spacial score (nSPS) is 14.4. The first-order valence-electron chi connectivity index (χ1n) is 6.24. The Balaban J connectivity index is 2.25. The predicted octanol–water partition coefficient (Wildman–Crippen LogP) is 2.51. The maximum Gasteiger partial charge on any atom is 0.148 e. The molecule has 96 valence electrons. The van der Waals surface area contributed by atoms with E-state index >= 15 is 0 Å². The number of rotatable bonds is 4. The lowest BCUT2D eigenvalue weighted by Crippen LogP contribution is -2.22. The Kier molecular flexibility index (Phi) is 3.77. The highest BCUT2D eigenvalue weighted by Gasteiger charge is 2.10. The lowest BCUT2D eigenvalue weighted by Gasteiger charge is -2.17. The Bertz CT molecular complexity index is 540. The summed E-state index contributed by atoms with van der Waals surface area (Å²) in [5.41, 5.74) is 2.67. The van der Waals surface area contributed by atoms with Crippen LogP contribution in [0, 0.1) is 6.92 Å². The molecule has 1 aromatic heterocycles. The quantitative estimate of drug-likeness (QED) is 0.869. The Morgan fingerprint density at radius 2 is 1.78 bits per heavy atom. The third kappa shape index (κ3) is 2.96. The van der Waals surface area contributed by atoms with E-state index in [0.717, 1.165) is 22.5 Å². The van der Waals surface area contributed by atoms with Crippen molar-refractivity contribution >= 4 is 16.9 Å². The summed E-state index contributed by atoms with van der Waals surface area (Å²) in [6.45, 7) is 5.76. The highest BCUT2D eigenvalue weighted by Crippen LogP contribution is 2.17. The predicted molar refractivity (Wildman–Crippen MR) is 73.7 cm³/mol. The van der Waals surface area contributed by atoms with Gasteiger partial charge < -0.3 is 10.4 Å². The SMILES string of the molecule is Cc1nc2ccccc2nc1NC(C)CC(C)O. The second kappa shape index (κ2) is 5.31. The molecule has 2 atom stereocenters. The van der Waals surface area contributed by atoms with Crippen LogP contribution in [0.25, 0.3) is 11.0 Å². The molecule has 0 fully saturated rings. The monoisotopic (exact) mass is 245 g/mol. The number of para-hydroxylation sites is 2. The van der Waals surface area contributed by atoms with Gasteiger partial charge in [-0.1, -0.05) is 12.1 Å². The van der Waals surface area contributed by atoms with Gasteiger partial charge in [-0.05, 0) is 39.3 Å². The van der Waals surface area contributed by atoms with Crippen molar-refractivity contribution in [1.82, 2.24) is 9.97 Å². The number of aromatic nitrogens is 2. The van der Waals surface area contributed by atoms with E-state index in [1.54, 1.807) is 6.92 Å². The van der Waals surface area contributed by atoms with Crippen LogP contribution < -0.4 is 5.32 Å². The minimum atomic E-state index is -0.318. The van der Waals surface area contributed by atoms with Gasteiger partial charge in [0.2, 0.25) is 0 Å². The summed E-state index contributed by atoms with van der Waals surface area (Å²) in [4.78, 5) is 9.09. The van der Waals surface area contributed by atoms with Crippen LogP contribution in [0.15, 0.2) is 24.3 Å². The van der Waals surface area contributed by atoms with Crippen LogP contribution in [0.4, 0.5) is 5.82 Å². The van der Waals surface area contributed by atoms with Crippen molar-refractivity contribution in [2.45, 2.75) is 39.3 Å². The van der Waals surface area contributed by atoms with Gasteiger partial charge in [-0.25, -0.2) is 9.97 Å². The molecule has 0 saturated carbocycles. The van der Waals surface area contributed by atoms with Gasteiger partial charge in [0.15, 0.2) is 0 Å². The molecule has 0 aliphatic carbocycles. The fraction of sp³-hybridized carbons (Fsp3) is 0.429. The minimum Gasteiger partial charge on any atom is -0.393 e. The van der Waals surface area contributed by atoms with Gasteiger partial charge in [0.25, 0.3) is 0 Å². The van der Waals surface area contributed by atoms with Crippen molar-refractivity contribution < 1.29 is 5.11 Å². The summed E-state index contributed by atoms with van der Waals surface area (Å²) in [5, 5.41) is 12.7. The number of hydrogen-bond acceptors (Lipinski definition) is 4. The van der Waals surface area contributed by atoms with Crippen molar-refractivity contribution in [3.63, 3.8) is 0 Å². The number of aryl methyl sites for hydroxylation is 1. The fourth-order valence-corrected chi connectivity index (χ4v) is 2.03. The van der Waals surface area contributed by atoms with Crippen LogP contribution in [-0.4, -0.2) is 27.2 Å². The average Bonchev–Trinajstić information content (AvgIpc) is 2.29. The molecule has 0 aliphatic heterocycles. The number of nitrogens with one attached hydrogen (secondary N) is 1. The fourth-order valence-electron chi connectivity index (χ4n) is 2.03. The smallest absolute Gasteiger partial charge is 0.148 e. The molecule has 0 aliphatic rings. The second-order valence-electron chi connectivity index (χ2n) is 4.78. The van der Waals surface area contributed by atoms with Gasteiger partial charge in [0.05, 0.1) is 22.8 Å². The van der Waals surface area contributed by atoms with E-state index in [2.05, 4.69) is 15.3 Å². The summed E-state index contributed by atoms with van der Waals surface area (Å²) in [6.07, 6.45) is 0.370. The molecule has 18 heavy (non-hydrogen) atoms. The number of nitrogens with zero attached hydrogens (tertiary/aromatic N) is 2. The van der Waals surface area contributed by atoms with Gasteiger partial charge in [-0.2, -0.15) is 0 Å². The van der Waals surface area contributed by atoms with Crippen molar-refractivity contribution in [1.29, 1.82) is 0 Å². The van der Waals surface area contributed by atoms with E-state index in [-0.39, 0.29) is 12.1 Å². The van der Waals surface area contributed by atoms with E-state index < -0.39 is 0 Å². The first-order chi connectivity index (χ1) is 8.56. The molecular formula is C14H19N3O. The molecule has 1 aromatic carbocycles. The maximum atomic E-state index is 9.37. The van der Waals surface area contributed by atoms with Crippen LogP contribution in [0.3, 0.4) is 0 Å². The molecule has 1 heterocycles. The number of fused-ring (bicyclic) bond motifs is 1. The van der Waals surface area contributed by atoms with Crippen molar-refractivity contribution in [3.05, 3.63) is 30.0 Å². The van der Waals surface area contributed by atoms with E-state index in [1.807, 2.05) is 38.1 Å². The summed E-state index contributed by atoms with van der Waals surface area (Å²) >= 11 is 0. The average molecular weight is 245 g/mol. The molecule has 2 rings (SSSR count). The van der Waals surface area contributed by atoms with Crippen molar-refractivity contribution in [2.75, 3.05) is 5.32 Å². The number of aliphatic hydroxyl groups is 1. The van der Waals surface area contributed by atoms with Gasteiger partial charge >= 0.3 is 0 Å². The zero-order chi connectivity index (χ0) is 13.1. The lowest BCUT2D eigenvalue weighted by molar-refractivity contribution is 0.179. The van der Waals surface area contributed by atoms with Gasteiger partial charge in [-0.15, -0.1) is 0 Å². The highest BCUT2D eigenvalue weighted by molar-refractivity contribution is 5.76. The molecule has 2 unspecified atom stereocenters. The van der Waals surface area contributed by atoms with E-state index in [4.69, 9.17) is 0 Å². The van der Waals surface area contributed by atoms with Crippen molar-refractivity contribution in [3.8, 4) is 0 Å². The molecule has 0 bridgehead atoms. The first kappa shape index (κ1) is 12.8. The zero-order valence-corrected chi connectivity index (χ0v) is 11.0. The van der Waals surface area contributed by atoms with Crippen LogP contribution >= 0.6 is 0 Å². The Morgan fingerprint density at radius 3 is 2.39 bits per heavy atom. The highest BCUT2D eigenvalue weighted by atomic mass is 16.3. The molecule has 4 heteroatoms. The standard InChI is InChI=1S/C14H19N3O/c1-9(8-10(2)18)15-14-11(3)16-12-6-4-5-7-13(12)17-14/h4-7,9-10,18H,8H2,1-3H3,(H,15,17). The largest absolute Gasteiger partial charge is 0.393 e.